The molecule has 0 spiro atoms. The predicted octanol–water partition coefficient (Wildman–Crippen LogP) is 1.67. The van der Waals surface area contributed by atoms with Crippen LogP contribution < -0.4 is 10.5 Å². The molecule has 0 radical (unpaired) electrons. The summed E-state index contributed by atoms with van der Waals surface area (Å²) >= 11 is 3.32. The molecule has 0 saturated heterocycles. The van der Waals surface area contributed by atoms with E-state index in [1.54, 1.807) is 19.1 Å². The Morgan fingerprint density at radius 3 is 2.94 bits per heavy atom. The first-order valence-electron chi connectivity index (χ1n) is 5.09. The van der Waals surface area contributed by atoms with Gasteiger partial charge in [0.1, 0.15) is 11.3 Å². The number of hydrogen-bond acceptors (Lipinski definition) is 5. The molecule has 1 aromatic carbocycles. The Balaban J connectivity index is 2.43. The Kier molecular flexibility index (Phi) is 2.48. The van der Waals surface area contributed by atoms with Crippen LogP contribution in [0.2, 0.25) is 0 Å². The van der Waals surface area contributed by atoms with E-state index in [1.165, 1.54) is 0 Å². The lowest BCUT2D eigenvalue weighted by Gasteiger charge is -2.06. The van der Waals surface area contributed by atoms with Crippen LogP contribution in [-0.2, 0) is 0 Å². The number of rotatable bonds is 1. The molecule has 6 nitrogen and oxygen atoms in total. The fraction of sp³-hybridized carbons (Fsp3) is 0.0909. The Bertz CT molecular complexity index is 780. The van der Waals surface area contributed by atoms with Gasteiger partial charge in [0, 0.05) is 10.3 Å². The Labute approximate surface area is 109 Å². The summed E-state index contributed by atoms with van der Waals surface area (Å²) in [6.45, 7) is 1.69. The normalized spacial score (nSPS) is 11.0. The van der Waals surface area contributed by atoms with Crippen LogP contribution in [-0.4, -0.2) is 15.5 Å². The molecule has 0 unspecified atom stereocenters. The van der Waals surface area contributed by atoms with Crippen LogP contribution in [0.3, 0.4) is 0 Å². The minimum atomic E-state index is -0.190. The standard InChI is InChI=1S/C11H6BrN4O2/c1-5-9(11-13-15-16-14-11)10(17)7-4-6(12)2-3-8(7)18-5/h2-4H,1H3/q-1. The first-order chi connectivity index (χ1) is 8.66. The van der Waals surface area contributed by atoms with Crippen molar-refractivity contribution in [2.75, 3.05) is 0 Å². The van der Waals surface area contributed by atoms with Crippen LogP contribution in [0.5, 0.6) is 0 Å². The third-order valence-electron chi connectivity index (χ3n) is 2.57. The molecule has 2 aromatic heterocycles. The molecule has 90 valence electrons. The number of halogens is 1. The maximum Gasteiger partial charge on any atom is 0.201 e. The van der Waals surface area contributed by atoms with E-state index in [2.05, 4.69) is 36.6 Å². The summed E-state index contributed by atoms with van der Waals surface area (Å²) in [4.78, 5) is 12.4. The molecule has 0 amide bonds. The molecule has 2 heterocycles. The Morgan fingerprint density at radius 2 is 2.22 bits per heavy atom. The lowest BCUT2D eigenvalue weighted by molar-refractivity contribution is 0.566. The second-order valence-corrected chi connectivity index (χ2v) is 4.62. The summed E-state index contributed by atoms with van der Waals surface area (Å²) in [5.74, 6) is 0.632. The lowest BCUT2D eigenvalue weighted by Crippen LogP contribution is -2.09. The fourth-order valence-electron chi connectivity index (χ4n) is 1.78. The van der Waals surface area contributed by atoms with Gasteiger partial charge in [-0.05, 0) is 25.1 Å². The largest absolute Gasteiger partial charge is 0.460 e. The van der Waals surface area contributed by atoms with Crippen LogP contribution >= 0.6 is 15.9 Å². The molecular weight excluding hydrogens is 300 g/mol. The quantitative estimate of drug-likeness (QED) is 0.680. The highest BCUT2D eigenvalue weighted by molar-refractivity contribution is 9.10. The zero-order valence-electron chi connectivity index (χ0n) is 9.22. The zero-order valence-corrected chi connectivity index (χ0v) is 10.8. The highest BCUT2D eigenvalue weighted by atomic mass is 79.9. The first kappa shape index (κ1) is 11.1. The number of benzene rings is 1. The fourth-order valence-corrected chi connectivity index (χ4v) is 2.14. The van der Waals surface area contributed by atoms with E-state index in [4.69, 9.17) is 4.42 Å². The highest BCUT2D eigenvalue weighted by Gasteiger charge is 2.12. The van der Waals surface area contributed by atoms with E-state index in [0.29, 0.717) is 22.3 Å². The van der Waals surface area contributed by atoms with Gasteiger partial charge in [-0.1, -0.05) is 15.9 Å². The number of hydrogen-bond donors (Lipinski definition) is 0. The molecule has 3 rings (SSSR count). The molecule has 0 aliphatic rings. The third kappa shape index (κ3) is 1.63. The summed E-state index contributed by atoms with van der Waals surface area (Å²) in [6.07, 6.45) is 0. The summed E-state index contributed by atoms with van der Waals surface area (Å²) in [6, 6.07) is 5.25. The summed E-state index contributed by atoms with van der Waals surface area (Å²) in [7, 11) is 0. The number of aromatic nitrogens is 4. The van der Waals surface area contributed by atoms with Crippen LogP contribution in [0.1, 0.15) is 5.76 Å². The molecule has 0 aliphatic heterocycles. The highest BCUT2D eigenvalue weighted by Crippen LogP contribution is 2.22. The van der Waals surface area contributed by atoms with Gasteiger partial charge in [0.05, 0.1) is 10.9 Å². The van der Waals surface area contributed by atoms with Crippen molar-refractivity contribution >= 4 is 26.9 Å². The van der Waals surface area contributed by atoms with E-state index < -0.39 is 0 Å². The Morgan fingerprint density at radius 1 is 1.39 bits per heavy atom. The summed E-state index contributed by atoms with van der Waals surface area (Å²) < 4.78 is 6.40. The molecule has 0 fully saturated rings. The van der Waals surface area contributed by atoms with Crippen molar-refractivity contribution in [1.29, 1.82) is 0 Å². The lowest BCUT2D eigenvalue weighted by atomic mass is 10.1. The van der Waals surface area contributed by atoms with Crippen LogP contribution in [0.15, 0.2) is 31.9 Å². The van der Waals surface area contributed by atoms with E-state index in [1.807, 2.05) is 6.07 Å². The van der Waals surface area contributed by atoms with Crippen molar-refractivity contribution in [2.24, 2.45) is 0 Å². The van der Waals surface area contributed by atoms with Crippen LogP contribution in [0, 0.1) is 6.92 Å². The minimum Gasteiger partial charge on any atom is -0.460 e. The van der Waals surface area contributed by atoms with Gasteiger partial charge in [-0.25, -0.2) is 0 Å². The molecular formula is C11H6BrN4O2-. The Hall–Kier alpha value is -2.02. The van der Waals surface area contributed by atoms with Crippen molar-refractivity contribution in [3.05, 3.63) is 38.7 Å². The second-order valence-electron chi connectivity index (χ2n) is 3.71. The zero-order chi connectivity index (χ0) is 12.7. The van der Waals surface area contributed by atoms with Gasteiger partial charge in [0.2, 0.25) is 5.43 Å². The predicted molar refractivity (Wildman–Crippen MR) is 67.1 cm³/mol. The maximum absolute atomic E-state index is 12.4. The van der Waals surface area contributed by atoms with Crippen molar-refractivity contribution in [3.8, 4) is 11.4 Å². The van der Waals surface area contributed by atoms with Gasteiger partial charge >= 0.3 is 0 Å². The molecule has 0 bridgehead atoms. The van der Waals surface area contributed by atoms with Gasteiger partial charge in [-0.2, -0.15) is 5.21 Å². The van der Waals surface area contributed by atoms with Crippen molar-refractivity contribution in [3.63, 3.8) is 0 Å². The van der Waals surface area contributed by atoms with Gasteiger partial charge in [0.25, 0.3) is 0 Å². The van der Waals surface area contributed by atoms with E-state index in [0.717, 1.165) is 4.47 Å². The van der Waals surface area contributed by atoms with Crippen molar-refractivity contribution in [2.45, 2.75) is 6.92 Å². The number of fused-ring (bicyclic) bond motifs is 1. The topological polar surface area (TPSA) is 83.0 Å². The summed E-state index contributed by atoms with van der Waals surface area (Å²) in [5.41, 5.74) is 0.632. The summed E-state index contributed by atoms with van der Waals surface area (Å²) in [5, 5.41) is 14.6. The van der Waals surface area contributed by atoms with Crippen molar-refractivity contribution in [1.82, 2.24) is 20.6 Å². The molecule has 0 saturated carbocycles. The van der Waals surface area contributed by atoms with Gasteiger partial charge < -0.3 is 9.52 Å². The minimum absolute atomic E-state index is 0.183. The molecule has 0 aliphatic carbocycles. The van der Waals surface area contributed by atoms with Crippen LogP contribution in [0.25, 0.3) is 22.4 Å². The number of nitrogens with zero attached hydrogens (tertiary/aromatic N) is 4. The van der Waals surface area contributed by atoms with E-state index >= 15 is 0 Å². The maximum atomic E-state index is 12.4. The van der Waals surface area contributed by atoms with Gasteiger partial charge in [0.15, 0.2) is 0 Å². The molecule has 18 heavy (non-hydrogen) atoms. The smallest absolute Gasteiger partial charge is 0.201 e. The van der Waals surface area contributed by atoms with E-state index in [9.17, 15) is 4.79 Å². The molecule has 0 N–H and O–H groups in total. The van der Waals surface area contributed by atoms with Gasteiger partial charge in [-0.3, -0.25) is 15.1 Å². The average molecular weight is 306 g/mol. The monoisotopic (exact) mass is 305 g/mol. The molecule has 7 heteroatoms. The molecule has 3 aromatic rings. The molecule has 0 atom stereocenters. The van der Waals surface area contributed by atoms with Crippen molar-refractivity contribution < 1.29 is 4.42 Å². The van der Waals surface area contributed by atoms with Crippen LogP contribution in [0.4, 0.5) is 0 Å². The second kappa shape index (κ2) is 4.02. The van der Waals surface area contributed by atoms with Gasteiger partial charge in [-0.15, -0.1) is 0 Å². The first-order valence-corrected chi connectivity index (χ1v) is 5.88. The number of aryl methyl sites for hydroxylation is 1. The van der Waals surface area contributed by atoms with E-state index in [-0.39, 0.29) is 11.3 Å². The SMILES string of the molecule is Cc1oc2ccc(Br)cc2c(=O)c1-c1nnn[n-]1. The third-order valence-corrected chi connectivity index (χ3v) is 3.06. The number of tetrazole rings is 1. The average Bonchev–Trinajstić information content (AvgIpc) is 2.84.